The number of amides is 2. The molecule has 8 nitrogen and oxygen atoms in total. The second kappa shape index (κ2) is 10.2. The van der Waals surface area contributed by atoms with Gasteiger partial charge >= 0.3 is 0 Å². The molecule has 1 aliphatic carbocycles. The van der Waals surface area contributed by atoms with Gasteiger partial charge in [-0.15, -0.1) is 0 Å². The van der Waals surface area contributed by atoms with Crippen molar-refractivity contribution < 1.29 is 19.2 Å². The summed E-state index contributed by atoms with van der Waals surface area (Å²) < 4.78 is 0. The van der Waals surface area contributed by atoms with Crippen molar-refractivity contribution >= 4 is 34.8 Å². The van der Waals surface area contributed by atoms with E-state index in [1.54, 1.807) is 36.4 Å². The van der Waals surface area contributed by atoms with Crippen molar-refractivity contribution in [1.29, 1.82) is 0 Å². The van der Waals surface area contributed by atoms with E-state index in [-0.39, 0.29) is 34.5 Å². The van der Waals surface area contributed by atoms with E-state index < -0.39 is 0 Å². The number of ketones is 2. The summed E-state index contributed by atoms with van der Waals surface area (Å²) in [6.07, 6.45) is 2.36. The van der Waals surface area contributed by atoms with Crippen molar-refractivity contribution in [2.24, 2.45) is 0 Å². The minimum atomic E-state index is -0.294. The fraction of sp³-hybridized carbons (Fsp3) is 0.167. The molecular weight excluding hydrogens is 408 g/mol. The first-order valence-electron chi connectivity index (χ1n) is 10.1. The van der Waals surface area contributed by atoms with Crippen LogP contribution < -0.4 is 21.3 Å². The zero-order valence-electron chi connectivity index (χ0n) is 17.5. The third-order valence-corrected chi connectivity index (χ3v) is 4.93. The summed E-state index contributed by atoms with van der Waals surface area (Å²) in [6, 6.07) is 10.2. The molecule has 2 aromatic carbocycles. The molecule has 0 heterocycles. The average molecular weight is 432 g/mol. The highest BCUT2D eigenvalue weighted by Crippen LogP contribution is 2.36. The molecule has 1 aliphatic rings. The van der Waals surface area contributed by atoms with Crippen LogP contribution in [0, 0.1) is 0 Å². The molecule has 4 N–H and O–H groups in total. The molecule has 0 saturated carbocycles. The molecule has 2 aromatic rings. The smallest absolute Gasteiger partial charge is 0.243 e. The van der Waals surface area contributed by atoms with E-state index in [2.05, 4.69) is 34.4 Å². The molecule has 0 radical (unpaired) electrons. The lowest BCUT2D eigenvalue weighted by Gasteiger charge is -2.24. The topological polar surface area (TPSA) is 116 Å². The molecule has 0 unspecified atom stereocenters. The van der Waals surface area contributed by atoms with E-state index in [9.17, 15) is 19.2 Å². The Kier molecular flexibility index (Phi) is 7.17. The molecule has 0 spiro atoms. The number of carbonyl (C=O) groups excluding carboxylic acids is 4. The van der Waals surface area contributed by atoms with Crippen LogP contribution in [0.3, 0.4) is 0 Å². The number of rotatable bonds is 10. The summed E-state index contributed by atoms with van der Waals surface area (Å²) in [5, 5.41) is 11.6. The third kappa shape index (κ3) is 4.75. The lowest BCUT2D eigenvalue weighted by Crippen LogP contribution is -2.29. The molecule has 0 bridgehead atoms. The molecule has 3 rings (SSSR count). The predicted octanol–water partition coefficient (Wildman–Crippen LogP) is 1.89. The minimum Gasteiger partial charge on any atom is -0.383 e. The van der Waals surface area contributed by atoms with Crippen molar-refractivity contribution in [3.8, 4) is 0 Å². The van der Waals surface area contributed by atoms with Crippen LogP contribution in [-0.2, 0) is 9.59 Å². The van der Waals surface area contributed by atoms with E-state index in [0.717, 1.165) is 0 Å². The number of benzene rings is 2. The summed E-state index contributed by atoms with van der Waals surface area (Å²) >= 11 is 0. The second-order valence-corrected chi connectivity index (χ2v) is 6.96. The van der Waals surface area contributed by atoms with Crippen molar-refractivity contribution in [3.05, 3.63) is 84.0 Å². The van der Waals surface area contributed by atoms with Gasteiger partial charge in [0.15, 0.2) is 11.6 Å². The quantitative estimate of drug-likeness (QED) is 0.287. The molecule has 164 valence electrons. The molecule has 2 amide bonds. The van der Waals surface area contributed by atoms with Gasteiger partial charge in [-0.25, -0.2) is 0 Å². The maximum atomic E-state index is 13.3. The van der Waals surface area contributed by atoms with Gasteiger partial charge in [0, 0.05) is 48.7 Å². The first-order chi connectivity index (χ1) is 15.5. The Bertz CT molecular complexity index is 1020. The second-order valence-electron chi connectivity index (χ2n) is 6.96. The third-order valence-electron chi connectivity index (χ3n) is 4.93. The summed E-state index contributed by atoms with van der Waals surface area (Å²) in [4.78, 5) is 49.2. The van der Waals surface area contributed by atoms with Gasteiger partial charge in [-0.3, -0.25) is 19.2 Å². The van der Waals surface area contributed by atoms with Crippen LogP contribution in [0.1, 0.15) is 31.8 Å². The molecule has 32 heavy (non-hydrogen) atoms. The maximum Gasteiger partial charge on any atom is 0.243 e. The maximum absolute atomic E-state index is 13.3. The van der Waals surface area contributed by atoms with Crippen molar-refractivity contribution in [2.75, 3.05) is 36.8 Å². The fourth-order valence-corrected chi connectivity index (χ4v) is 3.43. The van der Waals surface area contributed by atoms with Crippen LogP contribution in [0.4, 0.5) is 11.4 Å². The van der Waals surface area contributed by atoms with Gasteiger partial charge in [-0.1, -0.05) is 37.4 Å². The molecule has 0 atom stereocenters. The molecule has 0 fully saturated rings. The SMILES string of the molecule is C=CC(=O)NCCNc1ccc(NCCNC(=O)C=C)c2c1C(=O)c1ccccc1C2=O. The minimum absolute atomic E-state index is 0.253. The van der Waals surface area contributed by atoms with Crippen LogP contribution >= 0.6 is 0 Å². The summed E-state index contributed by atoms with van der Waals surface area (Å²) in [7, 11) is 0. The number of anilines is 2. The lowest BCUT2D eigenvalue weighted by atomic mass is 9.82. The van der Waals surface area contributed by atoms with Crippen molar-refractivity contribution in [1.82, 2.24) is 10.6 Å². The van der Waals surface area contributed by atoms with E-state index in [1.165, 1.54) is 12.2 Å². The number of hydrogen-bond acceptors (Lipinski definition) is 6. The Morgan fingerprint density at radius 1 is 0.688 bits per heavy atom. The average Bonchev–Trinajstić information content (AvgIpc) is 2.82. The highest BCUT2D eigenvalue weighted by Gasteiger charge is 2.33. The zero-order chi connectivity index (χ0) is 23.1. The van der Waals surface area contributed by atoms with E-state index >= 15 is 0 Å². The fourth-order valence-electron chi connectivity index (χ4n) is 3.43. The lowest BCUT2D eigenvalue weighted by molar-refractivity contribution is -0.117. The molecule has 8 heteroatoms. The van der Waals surface area contributed by atoms with Gasteiger partial charge in [-0.05, 0) is 24.3 Å². The zero-order valence-corrected chi connectivity index (χ0v) is 17.5. The molecule has 0 saturated heterocycles. The Balaban J connectivity index is 1.89. The van der Waals surface area contributed by atoms with Gasteiger partial charge in [0.2, 0.25) is 11.8 Å². The number of hydrogen-bond donors (Lipinski definition) is 4. The van der Waals surface area contributed by atoms with Crippen LogP contribution in [0.25, 0.3) is 0 Å². The summed E-state index contributed by atoms with van der Waals surface area (Å²) in [5.74, 6) is -1.10. The van der Waals surface area contributed by atoms with Gasteiger partial charge in [-0.2, -0.15) is 0 Å². The van der Waals surface area contributed by atoms with Crippen molar-refractivity contribution in [3.63, 3.8) is 0 Å². The van der Waals surface area contributed by atoms with Crippen molar-refractivity contribution in [2.45, 2.75) is 0 Å². The normalized spacial score (nSPS) is 11.6. The monoisotopic (exact) mass is 432 g/mol. The first-order valence-corrected chi connectivity index (χ1v) is 10.1. The van der Waals surface area contributed by atoms with Crippen LogP contribution in [0.2, 0.25) is 0 Å². The Labute approximate surface area is 185 Å². The highest BCUT2D eigenvalue weighted by atomic mass is 16.2. The number of nitrogens with one attached hydrogen (secondary N) is 4. The summed E-state index contributed by atoms with van der Waals surface area (Å²) in [6.45, 7) is 8.15. The van der Waals surface area contributed by atoms with Crippen LogP contribution in [0.15, 0.2) is 61.7 Å². The van der Waals surface area contributed by atoms with Crippen LogP contribution in [-0.4, -0.2) is 49.6 Å². The standard InChI is InChI=1S/C24H24N4O4/c1-3-19(29)27-13-11-25-17-9-10-18(26-12-14-28-20(30)4-2)22-21(17)23(31)15-7-5-6-8-16(15)24(22)32/h3-10,25-26H,1-2,11-14H2,(H,27,29)(H,28,30). The van der Waals surface area contributed by atoms with Gasteiger partial charge in [0.1, 0.15) is 0 Å². The largest absolute Gasteiger partial charge is 0.383 e. The summed E-state index contributed by atoms with van der Waals surface area (Å²) in [5.41, 5.74) is 2.27. The Morgan fingerprint density at radius 3 is 1.47 bits per heavy atom. The molecular formula is C24H24N4O4. The van der Waals surface area contributed by atoms with Gasteiger partial charge in [0.25, 0.3) is 0 Å². The molecule has 0 aliphatic heterocycles. The van der Waals surface area contributed by atoms with Gasteiger partial charge in [0.05, 0.1) is 11.1 Å². The van der Waals surface area contributed by atoms with E-state index in [1.807, 2.05) is 0 Å². The molecule has 0 aromatic heterocycles. The highest BCUT2D eigenvalue weighted by molar-refractivity contribution is 6.31. The number of fused-ring (bicyclic) bond motifs is 2. The Hall–Kier alpha value is -4.20. The Morgan fingerprint density at radius 2 is 1.09 bits per heavy atom. The predicted molar refractivity (Wildman–Crippen MR) is 123 cm³/mol. The van der Waals surface area contributed by atoms with E-state index in [4.69, 9.17) is 0 Å². The first kappa shape index (κ1) is 22.5. The van der Waals surface area contributed by atoms with Crippen LogP contribution in [0.5, 0.6) is 0 Å². The van der Waals surface area contributed by atoms with E-state index in [0.29, 0.717) is 48.7 Å². The van der Waals surface area contributed by atoms with Gasteiger partial charge < -0.3 is 21.3 Å². The number of carbonyl (C=O) groups is 4.